The molecule has 0 spiro atoms. The fraction of sp³-hybridized carbons (Fsp3) is 0.364. The third kappa shape index (κ3) is 12.5. The molecule has 2 aromatic carbocycles. The summed E-state index contributed by atoms with van der Waals surface area (Å²) in [6.07, 6.45) is 2.26. The number of hydrogen-bond acceptors (Lipinski definition) is 4. The van der Waals surface area contributed by atoms with Gasteiger partial charge < -0.3 is 10.1 Å². The highest BCUT2D eigenvalue weighted by molar-refractivity contribution is 7.85. The van der Waals surface area contributed by atoms with Crippen LogP contribution in [-0.2, 0) is 32.5 Å². The molecule has 0 bridgehead atoms. The van der Waals surface area contributed by atoms with E-state index in [-0.39, 0.29) is 12.2 Å². The van der Waals surface area contributed by atoms with E-state index in [0.717, 1.165) is 17.5 Å². The zero-order valence-electron chi connectivity index (χ0n) is 17.1. The summed E-state index contributed by atoms with van der Waals surface area (Å²) >= 11 is 0. The van der Waals surface area contributed by atoms with Gasteiger partial charge in [-0.05, 0) is 44.7 Å². The zero-order valence-corrected chi connectivity index (χ0v) is 18.0. The number of rotatable bonds is 8. The minimum Gasteiger partial charge on any atom is -0.340 e. The molecule has 1 amide bonds. The van der Waals surface area contributed by atoms with Gasteiger partial charge in [0.2, 0.25) is 5.91 Å². The van der Waals surface area contributed by atoms with Crippen molar-refractivity contribution in [1.82, 2.24) is 5.32 Å². The summed E-state index contributed by atoms with van der Waals surface area (Å²) in [6, 6.07) is 16.1. The third-order valence-electron chi connectivity index (χ3n) is 4.10. The Hall–Kier alpha value is -2.51. The molecular weight excluding hydrogens is 390 g/mol. The van der Waals surface area contributed by atoms with Crippen LogP contribution in [0.2, 0.25) is 0 Å². The van der Waals surface area contributed by atoms with Gasteiger partial charge in [0.1, 0.15) is 11.7 Å². The Balaban J connectivity index is 0.000000308. The Kier molecular flexibility index (Phi) is 10.3. The largest absolute Gasteiger partial charge is 0.340 e. The number of nitrogens with one attached hydrogen (secondary N) is 1. The first-order chi connectivity index (χ1) is 13.5. The van der Waals surface area contributed by atoms with Crippen LogP contribution in [0.1, 0.15) is 42.0 Å². The first kappa shape index (κ1) is 24.5. The van der Waals surface area contributed by atoms with Crippen LogP contribution in [0.5, 0.6) is 0 Å². The summed E-state index contributed by atoms with van der Waals surface area (Å²) in [4.78, 5) is 21.9. The molecule has 29 heavy (non-hydrogen) atoms. The molecule has 158 valence electrons. The van der Waals surface area contributed by atoms with E-state index in [4.69, 9.17) is 4.55 Å². The number of aryl methyl sites for hydroxylation is 4. The topological polar surface area (TPSA) is 101 Å². The second-order valence-electron chi connectivity index (χ2n) is 7.00. The molecule has 0 saturated heterocycles. The fourth-order valence-corrected chi connectivity index (χ4v) is 2.69. The molecule has 0 aliphatic heterocycles. The zero-order chi connectivity index (χ0) is 21.9. The molecule has 6 nitrogen and oxygen atoms in total. The Morgan fingerprint density at radius 2 is 1.24 bits per heavy atom. The van der Waals surface area contributed by atoms with E-state index in [1.165, 1.54) is 11.1 Å². The second-order valence-corrected chi connectivity index (χ2v) is 8.45. The molecule has 0 aromatic heterocycles. The van der Waals surface area contributed by atoms with Crippen LogP contribution < -0.4 is 5.32 Å². The molecule has 0 radical (unpaired) electrons. The summed E-state index contributed by atoms with van der Waals surface area (Å²) < 4.78 is 29.2. The molecule has 0 atom stereocenters. The molecule has 2 rings (SSSR count). The monoisotopic (exact) mass is 419 g/mol. The van der Waals surface area contributed by atoms with Gasteiger partial charge in [0.15, 0.2) is 0 Å². The number of benzene rings is 2. The van der Waals surface area contributed by atoms with Crippen molar-refractivity contribution in [3.63, 3.8) is 0 Å². The van der Waals surface area contributed by atoms with Gasteiger partial charge in [-0.15, -0.1) is 0 Å². The van der Waals surface area contributed by atoms with Gasteiger partial charge in [0.05, 0.1) is 0 Å². The lowest BCUT2D eigenvalue weighted by Crippen LogP contribution is -2.29. The van der Waals surface area contributed by atoms with Crippen molar-refractivity contribution in [2.75, 3.05) is 5.88 Å². The highest BCUT2D eigenvalue weighted by atomic mass is 32.2. The van der Waals surface area contributed by atoms with Gasteiger partial charge >= 0.3 is 0 Å². The van der Waals surface area contributed by atoms with Crippen molar-refractivity contribution in [1.29, 1.82) is 0 Å². The van der Waals surface area contributed by atoms with Crippen LogP contribution in [0.4, 0.5) is 0 Å². The Bertz CT molecular complexity index is 888. The lowest BCUT2D eigenvalue weighted by Gasteiger charge is -2.03. The summed E-state index contributed by atoms with van der Waals surface area (Å²) in [5.74, 6) is -0.876. The van der Waals surface area contributed by atoms with E-state index in [1.54, 1.807) is 6.92 Å². The van der Waals surface area contributed by atoms with E-state index in [9.17, 15) is 18.0 Å². The van der Waals surface area contributed by atoms with Crippen molar-refractivity contribution in [2.45, 2.75) is 46.5 Å². The van der Waals surface area contributed by atoms with Crippen LogP contribution >= 0.6 is 0 Å². The van der Waals surface area contributed by atoms with Crippen LogP contribution in [0, 0.1) is 13.8 Å². The average molecular weight is 420 g/mol. The Labute approximate surface area is 173 Å². The highest BCUT2D eigenvalue weighted by Gasteiger charge is 2.07. The van der Waals surface area contributed by atoms with Crippen molar-refractivity contribution >= 4 is 21.8 Å². The van der Waals surface area contributed by atoms with Crippen LogP contribution in [0.15, 0.2) is 48.5 Å². The Morgan fingerprint density at radius 1 is 0.828 bits per heavy atom. The van der Waals surface area contributed by atoms with Gasteiger partial charge in [0.25, 0.3) is 10.1 Å². The molecule has 0 heterocycles. The van der Waals surface area contributed by atoms with Crippen LogP contribution in [-0.4, -0.2) is 30.5 Å². The lowest BCUT2D eigenvalue weighted by molar-refractivity contribution is -0.120. The van der Waals surface area contributed by atoms with Gasteiger partial charge in [-0.1, -0.05) is 59.7 Å². The van der Waals surface area contributed by atoms with Crippen LogP contribution in [0.25, 0.3) is 0 Å². The van der Waals surface area contributed by atoms with Crippen LogP contribution in [0.3, 0.4) is 0 Å². The highest BCUT2D eigenvalue weighted by Crippen LogP contribution is 2.06. The van der Waals surface area contributed by atoms with E-state index < -0.39 is 21.9 Å². The molecule has 0 unspecified atom stereocenters. The SMILES string of the molecule is CC(=O)CCc1ccc(C)cc1.Cc1ccc(CCC(=O)NCS(=O)(=O)O)cc1. The normalized spacial score (nSPS) is 10.6. The van der Waals surface area contributed by atoms with Crippen molar-refractivity contribution in [2.24, 2.45) is 0 Å². The molecule has 0 fully saturated rings. The number of carbonyl (C=O) groups excluding carboxylic acids is 2. The molecule has 0 saturated carbocycles. The summed E-state index contributed by atoms with van der Waals surface area (Å²) in [6.45, 7) is 5.67. The maximum atomic E-state index is 11.2. The minimum absolute atomic E-state index is 0.193. The van der Waals surface area contributed by atoms with Gasteiger partial charge in [-0.3, -0.25) is 9.35 Å². The smallest absolute Gasteiger partial charge is 0.283 e. The molecule has 2 aromatic rings. The van der Waals surface area contributed by atoms with Gasteiger partial charge in [0, 0.05) is 12.8 Å². The number of amides is 1. The maximum absolute atomic E-state index is 11.2. The lowest BCUT2D eigenvalue weighted by atomic mass is 10.1. The third-order valence-corrected chi connectivity index (χ3v) is 4.61. The number of Topliss-reactive ketones (excluding diaryl/α,β-unsaturated/α-hetero) is 1. The van der Waals surface area contributed by atoms with E-state index in [1.807, 2.05) is 31.2 Å². The average Bonchev–Trinajstić information content (AvgIpc) is 2.65. The van der Waals surface area contributed by atoms with Gasteiger partial charge in [-0.25, -0.2) is 0 Å². The molecule has 0 aliphatic carbocycles. The minimum atomic E-state index is -4.14. The molecular formula is C22H29NO5S. The van der Waals surface area contributed by atoms with Crippen molar-refractivity contribution in [3.8, 4) is 0 Å². The molecule has 2 N–H and O–H groups in total. The first-order valence-corrected chi connectivity index (χ1v) is 11.0. The predicted molar refractivity (Wildman–Crippen MR) is 114 cm³/mol. The second kappa shape index (κ2) is 12.1. The fourth-order valence-electron chi connectivity index (χ4n) is 2.35. The van der Waals surface area contributed by atoms with Crippen molar-refractivity contribution in [3.05, 3.63) is 70.8 Å². The van der Waals surface area contributed by atoms with E-state index in [2.05, 4.69) is 36.5 Å². The van der Waals surface area contributed by atoms with Crippen molar-refractivity contribution < 1.29 is 22.6 Å². The number of ketones is 1. The summed E-state index contributed by atoms with van der Waals surface area (Å²) in [7, 11) is -4.14. The molecule has 7 heteroatoms. The summed E-state index contributed by atoms with van der Waals surface area (Å²) in [5, 5.41) is 2.13. The Morgan fingerprint density at radius 3 is 1.62 bits per heavy atom. The first-order valence-electron chi connectivity index (χ1n) is 9.37. The summed E-state index contributed by atoms with van der Waals surface area (Å²) in [5.41, 5.74) is 4.67. The van der Waals surface area contributed by atoms with Gasteiger partial charge in [-0.2, -0.15) is 8.42 Å². The van der Waals surface area contributed by atoms with E-state index in [0.29, 0.717) is 12.8 Å². The standard InChI is InChI=1S/C11H15NO4S.C11H14O/c1-9-2-4-10(5-3-9)6-7-11(13)12-8-17(14,15)16;1-9-3-6-11(7-4-9)8-5-10(2)12/h2-5H,6-8H2,1H3,(H,12,13)(H,14,15,16);3-4,6-7H,5,8H2,1-2H3. The number of hydrogen-bond donors (Lipinski definition) is 2. The van der Waals surface area contributed by atoms with E-state index >= 15 is 0 Å². The quantitative estimate of drug-likeness (QED) is 0.639. The molecule has 0 aliphatic rings. The predicted octanol–water partition coefficient (Wildman–Crippen LogP) is 3.41. The maximum Gasteiger partial charge on any atom is 0.283 e. The number of carbonyl (C=O) groups is 2.